The Kier molecular flexibility index (Phi) is 6.07. The monoisotopic (exact) mass is 518 g/mol. The Labute approximate surface area is 203 Å². The molecule has 1 saturated heterocycles. The maximum absolute atomic E-state index is 13.3. The Bertz CT molecular complexity index is 1360. The molecule has 0 radical (unpaired) electrons. The van der Waals surface area contributed by atoms with Crippen molar-refractivity contribution in [3.05, 3.63) is 106 Å². The number of nitrogens with zero attached hydrogens (tertiary/aromatic N) is 2. The second-order valence-corrected chi connectivity index (χ2v) is 9.36. The van der Waals surface area contributed by atoms with E-state index in [1.807, 2.05) is 73.7 Å². The van der Waals surface area contributed by atoms with Crippen LogP contribution in [0.4, 0.5) is 5.69 Å². The minimum Gasteiger partial charge on any atom is -0.467 e. The van der Waals surface area contributed by atoms with Gasteiger partial charge >= 0.3 is 0 Å². The number of amides is 1. The Morgan fingerprint density at radius 2 is 1.91 bits per heavy atom. The number of hydrogen-bond donors (Lipinski definition) is 0. The van der Waals surface area contributed by atoms with E-state index in [0.717, 1.165) is 27.0 Å². The molecule has 33 heavy (non-hydrogen) atoms. The summed E-state index contributed by atoms with van der Waals surface area (Å²) in [5.74, 6) is 1.89. The Balaban J connectivity index is 1.46. The number of furan rings is 2. The van der Waals surface area contributed by atoms with Gasteiger partial charge in [0.05, 0.1) is 23.4 Å². The normalized spacial score (nSPS) is 16.3. The van der Waals surface area contributed by atoms with Crippen LogP contribution in [0.25, 0.3) is 17.4 Å². The Hall–Kier alpha value is -3.29. The summed E-state index contributed by atoms with van der Waals surface area (Å²) >= 11 is 4.93. The number of aryl methyl sites for hydroxylation is 1. The van der Waals surface area contributed by atoms with E-state index in [4.69, 9.17) is 13.8 Å². The minimum absolute atomic E-state index is 0.138. The van der Waals surface area contributed by atoms with E-state index in [2.05, 4.69) is 15.9 Å². The van der Waals surface area contributed by atoms with Crippen LogP contribution in [-0.2, 0) is 11.3 Å². The van der Waals surface area contributed by atoms with Crippen LogP contribution in [0.3, 0.4) is 0 Å². The molecule has 0 aliphatic carbocycles. The summed E-state index contributed by atoms with van der Waals surface area (Å²) in [5, 5.41) is 0.599. The SMILES string of the molecule is Cc1ccc(-c2ccc(C=C3SC(=Nc4ccccc4)N(Cc4ccco4)C3=O)o2)c(Br)c1. The number of carbonyl (C=O) groups is 1. The Morgan fingerprint density at radius 1 is 1.06 bits per heavy atom. The van der Waals surface area contributed by atoms with Crippen molar-refractivity contribution in [2.24, 2.45) is 4.99 Å². The van der Waals surface area contributed by atoms with Crippen LogP contribution in [0.1, 0.15) is 17.1 Å². The molecule has 2 aromatic heterocycles. The fraction of sp³-hybridized carbons (Fsp3) is 0.0769. The zero-order valence-corrected chi connectivity index (χ0v) is 20.1. The van der Waals surface area contributed by atoms with Gasteiger partial charge in [0.2, 0.25) is 0 Å². The van der Waals surface area contributed by atoms with Crippen molar-refractivity contribution in [2.75, 3.05) is 0 Å². The number of thioether (sulfide) groups is 1. The van der Waals surface area contributed by atoms with Crippen molar-refractivity contribution in [3.8, 4) is 11.3 Å². The predicted octanol–water partition coefficient (Wildman–Crippen LogP) is 7.41. The summed E-state index contributed by atoms with van der Waals surface area (Å²) in [6, 6.07) is 23.1. The number of para-hydroxylation sites is 1. The fourth-order valence-corrected chi connectivity index (χ4v) is 5.09. The zero-order chi connectivity index (χ0) is 22.8. The second-order valence-electron chi connectivity index (χ2n) is 7.50. The average molecular weight is 519 g/mol. The molecule has 0 saturated carbocycles. The second kappa shape index (κ2) is 9.29. The smallest absolute Gasteiger partial charge is 0.267 e. The third-order valence-corrected chi connectivity index (χ3v) is 6.72. The summed E-state index contributed by atoms with van der Waals surface area (Å²) in [6.45, 7) is 2.35. The van der Waals surface area contributed by atoms with Crippen LogP contribution < -0.4 is 0 Å². The van der Waals surface area contributed by atoms with Crippen molar-refractivity contribution >= 4 is 50.5 Å². The molecule has 164 valence electrons. The van der Waals surface area contributed by atoms with Gasteiger partial charge in [-0.25, -0.2) is 4.99 Å². The summed E-state index contributed by atoms with van der Waals surface area (Å²) < 4.78 is 12.5. The highest BCUT2D eigenvalue weighted by atomic mass is 79.9. The summed E-state index contributed by atoms with van der Waals surface area (Å²) in [4.78, 5) is 20.1. The number of amidine groups is 1. The van der Waals surface area contributed by atoms with Crippen molar-refractivity contribution in [1.29, 1.82) is 0 Å². The molecule has 3 heterocycles. The molecule has 5 nitrogen and oxygen atoms in total. The molecule has 0 unspecified atom stereocenters. The lowest BCUT2D eigenvalue weighted by Crippen LogP contribution is -2.28. The van der Waals surface area contributed by atoms with E-state index in [9.17, 15) is 4.79 Å². The fourth-order valence-electron chi connectivity index (χ4n) is 3.43. The van der Waals surface area contributed by atoms with Crippen LogP contribution in [0.15, 0.2) is 102 Å². The lowest BCUT2D eigenvalue weighted by atomic mass is 10.1. The lowest BCUT2D eigenvalue weighted by Gasteiger charge is -2.13. The van der Waals surface area contributed by atoms with Crippen molar-refractivity contribution < 1.29 is 13.6 Å². The van der Waals surface area contributed by atoms with Crippen LogP contribution in [0, 0.1) is 6.92 Å². The summed E-state index contributed by atoms with van der Waals surface area (Å²) in [7, 11) is 0. The highest BCUT2D eigenvalue weighted by Gasteiger charge is 2.34. The van der Waals surface area contributed by atoms with Gasteiger partial charge in [-0.05, 0) is 72.8 Å². The first kappa shape index (κ1) is 21.6. The van der Waals surface area contributed by atoms with E-state index in [1.165, 1.54) is 11.8 Å². The van der Waals surface area contributed by atoms with E-state index < -0.39 is 0 Å². The van der Waals surface area contributed by atoms with Crippen LogP contribution >= 0.6 is 27.7 Å². The van der Waals surface area contributed by atoms with Crippen molar-refractivity contribution in [3.63, 3.8) is 0 Å². The van der Waals surface area contributed by atoms with Crippen molar-refractivity contribution in [1.82, 2.24) is 4.90 Å². The van der Waals surface area contributed by atoms with Gasteiger partial charge in [-0.15, -0.1) is 0 Å². The molecule has 0 N–H and O–H groups in total. The molecule has 7 heteroatoms. The first-order valence-electron chi connectivity index (χ1n) is 10.3. The maximum Gasteiger partial charge on any atom is 0.267 e. The van der Waals surface area contributed by atoms with Crippen LogP contribution in [-0.4, -0.2) is 16.0 Å². The first-order valence-corrected chi connectivity index (χ1v) is 11.9. The molecular formula is C26H19BrN2O3S. The molecule has 2 aromatic carbocycles. The van der Waals surface area contributed by atoms with Gasteiger partial charge in [-0.2, -0.15) is 0 Å². The summed E-state index contributed by atoms with van der Waals surface area (Å²) in [6.07, 6.45) is 3.36. The predicted molar refractivity (Wildman–Crippen MR) is 135 cm³/mol. The number of carbonyl (C=O) groups excluding carboxylic acids is 1. The third-order valence-electron chi connectivity index (χ3n) is 5.05. The van der Waals surface area contributed by atoms with E-state index in [-0.39, 0.29) is 5.91 Å². The molecule has 0 atom stereocenters. The third kappa shape index (κ3) is 4.74. The molecule has 1 aliphatic rings. The zero-order valence-electron chi connectivity index (χ0n) is 17.7. The molecule has 0 bridgehead atoms. The van der Waals surface area contributed by atoms with E-state index in [0.29, 0.717) is 28.1 Å². The maximum atomic E-state index is 13.3. The number of benzene rings is 2. The molecular weight excluding hydrogens is 500 g/mol. The van der Waals surface area contributed by atoms with Crippen LogP contribution in [0.5, 0.6) is 0 Å². The molecule has 0 spiro atoms. The Morgan fingerprint density at radius 3 is 2.67 bits per heavy atom. The largest absolute Gasteiger partial charge is 0.467 e. The van der Waals surface area contributed by atoms with Gasteiger partial charge in [0.25, 0.3) is 5.91 Å². The number of rotatable bonds is 5. The van der Waals surface area contributed by atoms with E-state index >= 15 is 0 Å². The summed E-state index contributed by atoms with van der Waals surface area (Å²) in [5.41, 5.74) is 2.90. The van der Waals surface area contributed by atoms with Gasteiger partial charge < -0.3 is 8.83 Å². The number of halogens is 1. The average Bonchev–Trinajstić information content (AvgIpc) is 3.54. The molecule has 1 amide bonds. The lowest BCUT2D eigenvalue weighted by molar-refractivity contribution is -0.122. The van der Waals surface area contributed by atoms with Crippen molar-refractivity contribution in [2.45, 2.75) is 13.5 Å². The number of hydrogen-bond acceptors (Lipinski definition) is 5. The molecule has 1 aliphatic heterocycles. The minimum atomic E-state index is -0.138. The highest BCUT2D eigenvalue weighted by molar-refractivity contribution is 9.10. The van der Waals surface area contributed by atoms with Gasteiger partial charge in [0.15, 0.2) is 5.17 Å². The van der Waals surface area contributed by atoms with Gasteiger partial charge in [0, 0.05) is 16.1 Å². The van der Waals surface area contributed by atoms with Gasteiger partial charge in [0.1, 0.15) is 17.3 Å². The highest BCUT2D eigenvalue weighted by Crippen LogP contribution is 2.37. The number of aliphatic imine (C=N–C) groups is 1. The van der Waals surface area contributed by atoms with Gasteiger partial charge in [-0.3, -0.25) is 9.69 Å². The molecule has 5 rings (SSSR count). The molecule has 4 aromatic rings. The molecule has 1 fully saturated rings. The van der Waals surface area contributed by atoms with Crippen LogP contribution in [0.2, 0.25) is 0 Å². The standard InChI is InChI=1S/C26H19BrN2O3S/c1-17-9-11-21(22(27)14-17)23-12-10-19(32-23)15-24-25(30)29(16-20-8-5-13-31-20)26(33-24)28-18-6-3-2-4-7-18/h2-15H,16H2,1H3. The topological polar surface area (TPSA) is 59.0 Å². The quantitative estimate of drug-likeness (QED) is 0.258. The first-order chi connectivity index (χ1) is 16.1. The van der Waals surface area contributed by atoms with Gasteiger partial charge in [-0.1, -0.05) is 40.2 Å². The van der Waals surface area contributed by atoms with E-state index in [1.54, 1.807) is 23.3 Å².